The molecule has 0 bridgehead atoms. The van der Waals surface area contributed by atoms with Crippen LogP contribution in [-0.4, -0.2) is 61.7 Å². The molecule has 0 spiro atoms. The van der Waals surface area contributed by atoms with Crippen molar-refractivity contribution in [3.05, 3.63) is 52.7 Å². The van der Waals surface area contributed by atoms with Crippen LogP contribution in [0.5, 0.6) is 5.75 Å². The highest BCUT2D eigenvalue weighted by Gasteiger charge is 2.30. The first-order chi connectivity index (χ1) is 17.6. The highest BCUT2D eigenvalue weighted by atomic mass is 19.1. The number of ether oxygens (including phenoxy) is 2. The smallest absolute Gasteiger partial charge is 0.410 e. The number of nitrogens with one attached hydrogen (secondary N) is 1. The second-order valence-electron chi connectivity index (χ2n) is 10.4. The van der Waals surface area contributed by atoms with Gasteiger partial charge in [-0.3, -0.25) is 4.40 Å². The zero-order chi connectivity index (χ0) is 26.3. The zero-order valence-corrected chi connectivity index (χ0v) is 21.1. The number of carbonyl (C=O) groups is 2. The number of likely N-dealkylation sites (tertiary alicyclic amines) is 1. The number of benzene rings is 1. The Balaban J connectivity index is 1.38. The number of nitrogens with zero attached hydrogens (tertiary/aromatic N) is 4. The molecule has 0 atom stereocenters. The highest BCUT2D eigenvalue weighted by Crippen LogP contribution is 2.33. The van der Waals surface area contributed by atoms with Crippen molar-refractivity contribution in [2.24, 2.45) is 0 Å². The SMILES string of the molecule is CC(C)(C)OC(=O)N1CCC(c2cnc(NCc3c(F)ccc4c3CCO4)n3cc(C(=O)O)nc23)CC1. The molecule has 0 radical (unpaired) electrons. The maximum atomic E-state index is 14.6. The highest BCUT2D eigenvalue weighted by molar-refractivity contribution is 5.86. The molecule has 37 heavy (non-hydrogen) atoms. The first kappa shape index (κ1) is 24.8. The number of hydrogen-bond donors (Lipinski definition) is 2. The van der Waals surface area contributed by atoms with Crippen LogP contribution < -0.4 is 10.1 Å². The lowest BCUT2D eigenvalue weighted by Crippen LogP contribution is -2.41. The Morgan fingerprint density at radius 3 is 2.73 bits per heavy atom. The minimum atomic E-state index is -1.15. The van der Waals surface area contributed by atoms with Gasteiger partial charge in [0, 0.05) is 55.1 Å². The number of piperidine rings is 1. The molecule has 2 aliphatic heterocycles. The van der Waals surface area contributed by atoms with Crippen molar-refractivity contribution in [1.82, 2.24) is 19.3 Å². The van der Waals surface area contributed by atoms with Crippen LogP contribution in [0.2, 0.25) is 0 Å². The molecule has 0 aliphatic carbocycles. The van der Waals surface area contributed by atoms with Crippen LogP contribution in [0.15, 0.2) is 24.5 Å². The molecule has 4 heterocycles. The Morgan fingerprint density at radius 2 is 2.03 bits per heavy atom. The second-order valence-corrected chi connectivity index (χ2v) is 10.4. The predicted molar refractivity (Wildman–Crippen MR) is 133 cm³/mol. The molecule has 10 nitrogen and oxygen atoms in total. The van der Waals surface area contributed by atoms with Gasteiger partial charge in [0.05, 0.1) is 6.61 Å². The molecule has 2 aliphatic rings. The molecule has 3 aromatic rings. The molecule has 0 saturated carbocycles. The van der Waals surface area contributed by atoms with Gasteiger partial charge in [-0.15, -0.1) is 0 Å². The first-order valence-corrected chi connectivity index (χ1v) is 12.4. The molecule has 0 unspecified atom stereocenters. The lowest BCUT2D eigenvalue weighted by molar-refractivity contribution is 0.0204. The molecule has 1 aromatic carbocycles. The van der Waals surface area contributed by atoms with E-state index < -0.39 is 11.6 Å². The fourth-order valence-electron chi connectivity index (χ4n) is 4.89. The average Bonchev–Trinajstić information content (AvgIpc) is 3.50. The average molecular weight is 512 g/mol. The molecule has 1 amide bonds. The van der Waals surface area contributed by atoms with Crippen molar-refractivity contribution in [3.63, 3.8) is 0 Å². The number of halogens is 1. The number of fused-ring (bicyclic) bond motifs is 2. The summed E-state index contributed by atoms with van der Waals surface area (Å²) in [5, 5.41) is 12.7. The third kappa shape index (κ3) is 5.03. The number of aromatic nitrogens is 3. The quantitative estimate of drug-likeness (QED) is 0.523. The van der Waals surface area contributed by atoms with E-state index in [9.17, 15) is 19.1 Å². The van der Waals surface area contributed by atoms with E-state index in [4.69, 9.17) is 9.47 Å². The summed E-state index contributed by atoms with van der Waals surface area (Å²) in [5.74, 6) is -0.401. The molecule has 2 N–H and O–H groups in total. The van der Waals surface area contributed by atoms with Gasteiger partial charge in [0.2, 0.25) is 5.95 Å². The lowest BCUT2D eigenvalue weighted by Gasteiger charge is -2.33. The summed E-state index contributed by atoms with van der Waals surface area (Å²) in [7, 11) is 0. The fraction of sp³-hybridized carbons (Fsp3) is 0.462. The van der Waals surface area contributed by atoms with Crippen LogP contribution in [-0.2, 0) is 17.7 Å². The van der Waals surface area contributed by atoms with Crippen LogP contribution in [0.25, 0.3) is 5.65 Å². The first-order valence-electron chi connectivity index (χ1n) is 12.4. The topological polar surface area (TPSA) is 118 Å². The summed E-state index contributed by atoms with van der Waals surface area (Å²) < 4.78 is 27.3. The van der Waals surface area contributed by atoms with Crippen molar-refractivity contribution in [2.45, 2.75) is 58.1 Å². The summed E-state index contributed by atoms with van der Waals surface area (Å²) in [6.45, 7) is 7.20. The standard InChI is InChI=1S/C26H30FN5O5/c1-26(2,3)37-25(35)31-9-6-15(7-10-31)17-12-28-24(32-14-20(23(33)34)30-22(17)32)29-13-18-16-8-11-36-21(16)5-4-19(18)27/h4-5,12,14-15H,6-11,13H2,1-3H3,(H,28,29)(H,33,34). The molecule has 1 fully saturated rings. The molecule has 1 saturated heterocycles. The largest absolute Gasteiger partial charge is 0.493 e. The van der Waals surface area contributed by atoms with Crippen molar-refractivity contribution in [2.75, 3.05) is 25.0 Å². The Labute approximate surface area is 213 Å². The van der Waals surface area contributed by atoms with Crippen molar-refractivity contribution in [1.29, 1.82) is 0 Å². The summed E-state index contributed by atoms with van der Waals surface area (Å²) in [5.41, 5.74) is 1.95. The maximum Gasteiger partial charge on any atom is 0.410 e. The summed E-state index contributed by atoms with van der Waals surface area (Å²) >= 11 is 0. The van der Waals surface area contributed by atoms with Crippen molar-refractivity contribution in [3.8, 4) is 5.75 Å². The van der Waals surface area contributed by atoms with Gasteiger partial charge in [0.1, 0.15) is 22.8 Å². The van der Waals surface area contributed by atoms with Gasteiger partial charge >= 0.3 is 12.1 Å². The summed E-state index contributed by atoms with van der Waals surface area (Å²) in [6, 6.07) is 3.02. The van der Waals surface area contributed by atoms with Crippen LogP contribution in [0.3, 0.4) is 0 Å². The minimum Gasteiger partial charge on any atom is -0.493 e. The molecule has 196 valence electrons. The van der Waals surface area contributed by atoms with Gasteiger partial charge in [-0.25, -0.2) is 23.9 Å². The van der Waals surface area contributed by atoms with Crippen LogP contribution in [0, 0.1) is 5.82 Å². The molecule has 5 rings (SSSR count). The van der Waals surface area contributed by atoms with Gasteiger partial charge in [-0.2, -0.15) is 0 Å². The van der Waals surface area contributed by atoms with E-state index >= 15 is 0 Å². The number of carbonyl (C=O) groups excluding carboxylic acids is 1. The number of hydrogen-bond acceptors (Lipinski definition) is 7. The summed E-state index contributed by atoms with van der Waals surface area (Å²) in [4.78, 5) is 34.8. The zero-order valence-electron chi connectivity index (χ0n) is 21.1. The van der Waals surface area contributed by atoms with Gasteiger partial charge in [0.15, 0.2) is 5.69 Å². The monoisotopic (exact) mass is 511 g/mol. The van der Waals surface area contributed by atoms with Gasteiger partial charge in [0.25, 0.3) is 0 Å². The number of aromatic carboxylic acids is 1. The van der Waals surface area contributed by atoms with E-state index in [1.807, 2.05) is 20.8 Å². The summed E-state index contributed by atoms with van der Waals surface area (Å²) in [6.07, 6.45) is 4.73. The number of rotatable bonds is 5. The molecule has 2 aromatic heterocycles. The number of imidazole rings is 1. The lowest BCUT2D eigenvalue weighted by atomic mass is 9.91. The Bertz CT molecular complexity index is 1360. The van der Waals surface area contributed by atoms with Crippen LogP contribution in [0.1, 0.15) is 66.7 Å². The number of anilines is 1. The van der Waals surface area contributed by atoms with Gasteiger partial charge in [-0.1, -0.05) is 0 Å². The van der Waals surface area contributed by atoms with E-state index in [1.165, 1.54) is 12.3 Å². The molecular formula is C26H30FN5O5. The number of carboxylic acids is 1. The predicted octanol–water partition coefficient (Wildman–Crippen LogP) is 4.23. The second kappa shape index (κ2) is 9.53. The third-order valence-electron chi connectivity index (χ3n) is 6.69. The van der Waals surface area contributed by atoms with Crippen molar-refractivity contribution < 1.29 is 28.6 Å². The van der Waals surface area contributed by atoms with E-state index in [0.717, 1.165) is 11.1 Å². The maximum absolute atomic E-state index is 14.6. The van der Waals surface area contributed by atoms with Crippen molar-refractivity contribution >= 4 is 23.7 Å². The van der Waals surface area contributed by atoms with Crippen LogP contribution >= 0.6 is 0 Å². The molecule has 11 heteroatoms. The number of amides is 1. The fourth-order valence-corrected chi connectivity index (χ4v) is 4.89. The number of carboxylic acid groups (broad SMARTS) is 1. The molecular weight excluding hydrogens is 481 g/mol. The van der Waals surface area contributed by atoms with Gasteiger partial charge < -0.3 is 24.8 Å². The Kier molecular flexibility index (Phi) is 6.38. The van der Waals surface area contributed by atoms with E-state index in [2.05, 4.69) is 15.3 Å². The van der Waals surface area contributed by atoms with Gasteiger partial charge in [-0.05, 0) is 51.7 Å². The van der Waals surface area contributed by atoms with E-state index in [0.29, 0.717) is 61.9 Å². The van der Waals surface area contributed by atoms with E-state index in [1.54, 1.807) is 21.6 Å². The Morgan fingerprint density at radius 1 is 1.27 bits per heavy atom. The third-order valence-corrected chi connectivity index (χ3v) is 6.69. The minimum absolute atomic E-state index is 0.0405. The Hall–Kier alpha value is -3.89. The van der Waals surface area contributed by atoms with E-state index in [-0.39, 0.29) is 30.1 Å². The van der Waals surface area contributed by atoms with Crippen LogP contribution in [0.4, 0.5) is 15.1 Å². The normalized spacial score (nSPS) is 15.9.